The first-order valence-electron chi connectivity index (χ1n) is 8.44. The molecule has 0 atom stereocenters. The summed E-state index contributed by atoms with van der Waals surface area (Å²) in [6, 6.07) is 14.6. The molecule has 0 radical (unpaired) electrons. The molecule has 2 aromatic rings. The fraction of sp³-hybridized carbons (Fsp3) is 0.368. The Hall–Kier alpha value is -1.85. The quantitative estimate of drug-likeness (QED) is 0.898. The van der Waals surface area contributed by atoms with Crippen LogP contribution in [0.4, 0.5) is 5.69 Å². The summed E-state index contributed by atoms with van der Waals surface area (Å²) < 4.78 is 27.7. The average molecular weight is 344 g/mol. The van der Waals surface area contributed by atoms with E-state index in [-0.39, 0.29) is 4.90 Å². The first-order chi connectivity index (χ1) is 11.5. The molecule has 5 heteroatoms. The molecule has 0 aliphatic carbocycles. The lowest BCUT2D eigenvalue weighted by atomic mass is 10.1. The number of hydrogen-bond acceptors (Lipinski definition) is 3. The van der Waals surface area contributed by atoms with Gasteiger partial charge in [-0.15, -0.1) is 0 Å². The van der Waals surface area contributed by atoms with Crippen molar-refractivity contribution in [1.82, 2.24) is 4.90 Å². The Labute approximate surface area is 144 Å². The van der Waals surface area contributed by atoms with Gasteiger partial charge in [0.15, 0.2) is 0 Å². The predicted octanol–water partition coefficient (Wildman–Crippen LogP) is 3.78. The molecular weight excluding hydrogens is 320 g/mol. The Balaban J connectivity index is 1.72. The van der Waals surface area contributed by atoms with Crippen LogP contribution in [0.3, 0.4) is 0 Å². The van der Waals surface area contributed by atoms with E-state index in [4.69, 9.17) is 0 Å². The van der Waals surface area contributed by atoms with Crippen LogP contribution >= 0.6 is 0 Å². The van der Waals surface area contributed by atoms with Crippen LogP contribution in [0.5, 0.6) is 0 Å². The third kappa shape index (κ3) is 4.36. The lowest BCUT2D eigenvalue weighted by Gasteiger charge is -2.26. The highest BCUT2D eigenvalue weighted by Gasteiger charge is 2.15. The number of rotatable bonds is 5. The maximum absolute atomic E-state index is 12.5. The minimum absolute atomic E-state index is 0.287. The minimum atomic E-state index is -3.54. The van der Waals surface area contributed by atoms with E-state index < -0.39 is 10.0 Å². The van der Waals surface area contributed by atoms with Crippen LogP contribution in [-0.4, -0.2) is 26.4 Å². The van der Waals surface area contributed by atoms with E-state index in [0.717, 1.165) is 30.8 Å². The lowest BCUT2D eigenvalue weighted by molar-refractivity contribution is 0.221. The highest BCUT2D eigenvalue weighted by atomic mass is 32.2. The van der Waals surface area contributed by atoms with Crippen molar-refractivity contribution in [1.29, 1.82) is 0 Å². The number of piperidine rings is 1. The Morgan fingerprint density at radius 1 is 1.00 bits per heavy atom. The predicted molar refractivity (Wildman–Crippen MR) is 97.6 cm³/mol. The Morgan fingerprint density at radius 3 is 2.42 bits per heavy atom. The molecule has 1 N–H and O–H groups in total. The van der Waals surface area contributed by atoms with E-state index >= 15 is 0 Å². The van der Waals surface area contributed by atoms with Crippen LogP contribution in [-0.2, 0) is 16.6 Å². The van der Waals surface area contributed by atoms with Gasteiger partial charge in [-0.1, -0.05) is 36.2 Å². The number of sulfonamides is 1. The third-order valence-corrected chi connectivity index (χ3v) is 5.76. The van der Waals surface area contributed by atoms with Gasteiger partial charge in [0.2, 0.25) is 0 Å². The minimum Gasteiger partial charge on any atom is -0.299 e. The van der Waals surface area contributed by atoms with Crippen molar-refractivity contribution >= 4 is 15.7 Å². The van der Waals surface area contributed by atoms with E-state index in [2.05, 4.69) is 15.7 Å². The first kappa shape index (κ1) is 17.0. The largest absolute Gasteiger partial charge is 0.299 e. The normalized spacial score (nSPS) is 16.0. The van der Waals surface area contributed by atoms with Gasteiger partial charge in [-0.2, -0.15) is 0 Å². The molecule has 3 rings (SSSR count). The topological polar surface area (TPSA) is 49.4 Å². The van der Waals surface area contributed by atoms with Gasteiger partial charge in [-0.05, 0) is 62.7 Å². The standard InChI is InChI=1S/C19H24N2O2S/c1-16-8-10-19(11-9-16)24(22,23)20-18-7-5-6-17(14-18)15-21-12-3-2-4-13-21/h5-11,14,20H,2-4,12-13,15H2,1H3. The van der Waals surface area contributed by atoms with E-state index in [0.29, 0.717) is 5.69 Å². The van der Waals surface area contributed by atoms with Crippen molar-refractivity contribution in [2.75, 3.05) is 17.8 Å². The number of benzene rings is 2. The molecule has 0 aromatic heterocycles. The zero-order chi connectivity index (χ0) is 17.0. The van der Waals surface area contributed by atoms with E-state index in [1.54, 1.807) is 30.3 Å². The molecule has 0 unspecified atom stereocenters. The SMILES string of the molecule is Cc1ccc(S(=O)(=O)Nc2cccc(CN3CCCCC3)c2)cc1. The zero-order valence-corrected chi connectivity index (χ0v) is 14.8. The summed E-state index contributed by atoms with van der Waals surface area (Å²) in [5, 5.41) is 0. The van der Waals surface area contributed by atoms with E-state index in [9.17, 15) is 8.42 Å². The highest BCUT2D eigenvalue weighted by molar-refractivity contribution is 7.92. The summed E-state index contributed by atoms with van der Waals surface area (Å²) in [6.07, 6.45) is 3.81. The highest BCUT2D eigenvalue weighted by Crippen LogP contribution is 2.19. The molecule has 0 spiro atoms. The second-order valence-electron chi connectivity index (χ2n) is 6.46. The number of hydrogen-bond donors (Lipinski definition) is 1. The molecule has 1 aliphatic rings. The number of likely N-dealkylation sites (tertiary alicyclic amines) is 1. The number of anilines is 1. The molecule has 0 bridgehead atoms. The summed E-state index contributed by atoms with van der Waals surface area (Å²) in [4.78, 5) is 2.71. The van der Waals surface area contributed by atoms with Gasteiger partial charge in [0, 0.05) is 12.2 Å². The van der Waals surface area contributed by atoms with Crippen LogP contribution in [0.2, 0.25) is 0 Å². The summed E-state index contributed by atoms with van der Waals surface area (Å²) in [5.41, 5.74) is 2.79. The summed E-state index contributed by atoms with van der Waals surface area (Å²) in [5.74, 6) is 0. The molecule has 0 saturated carbocycles. The fourth-order valence-electron chi connectivity index (χ4n) is 3.04. The fourth-order valence-corrected chi connectivity index (χ4v) is 4.09. The molecular formula is C19H24N2O2S. The van der Waals surface area contributed by atoms with Crippen molar-refractivity contribution in [2.24, 2.45) is 0 Å². The van der Waals surface area contributed by atoms with Gasteiger partial charge >= 0.3 is 0 Å². The number of aryl methyl sites for hydroxylation is 1. The zero-order valence-electron chi connectivity index (χ0n) is 14.0. The summed E-state index contributed by atoms with van der Waals surface area (Å²) in [7, 11) is -3.54. The molecule has 1 heterocycles. The molecule has 0 amide bonds. The van der Waals surface area contributed by atoms with E-state index in [1.807, 2.05) is 19.1 Å². The number of nitrogens with one attached hydrogen (secondary N) is 1. The van der Waals surface area contributed by atoms with Crippen LogP contribution in [0.25, 0.3) is 0 Å². The van der Waals surface area contributed by atoms with Crippen molar-refractivity contribution in [3.05, 3.63) is 59.7 Å². The maximum Gasteiger partial charge on any atom is 0.261 e. The Bertz CT molecular complexity index is 779. The van der Waals surface area contributed by atoms with Crippen molar-refractivity contribution in [3.8, 4) is 0 Å². The van der Waals surface area contributed by atoms with Crippen LogP contribution < -0.4 is 4.72 Å². The molecule has 1 fully saturated rings. The van der Waals surface area contributed by atoms with Gasteiger partial charge in [0.25, 0.3) is 10.0 Å². The third-order valence-electron chi connectivity index (χ3n) is 4.37. The molecule has 128 valence electrons. The van der Waals surface area contributed by atoms with Crippen LogP contribution in [0, 0.1) is 6.92 Å². The van der Waals surface area contributed by atoms with Crippen LogP contribution in [0.15, 0.2) is 53.4 Å². The van der Waals surface area contributed by atoms with Crippen LogP contribution in [0.1, 0.15) is 30.4 Å². The number of nitrogens with zero attached hydrogens (tertiary/aromatic N) is 1. The summed E-state index contributed by atoms with van der Waals surface area (Å²) >= 11 is 0. The Kier molecular flexibility index (Phi) is 5.21. The second kappa shape index (κ2) is 7.36. The molecule has 4 nitrogen and oxygen atoms in total. The lowest BCUT2D eigenvalue weighted by Crippen LogP contribution is -2.29. The van der Waals surface area contributed by atoms with Crippen molar-refractivity contribution in [3.63, 3.8) is 0 Å². The van der Waals surface area contributed by atoms with Gasteiger partial charge in [-0.25, -0.2) is 8.42 Å². The van der Waals surface area contributed by atoms with Gasteiger partial charge < -0.3 is 0 Å². The second-order valence-corrected chi connectivity index (χ2v) is 8.14. The molecule has 24 heavy (non-hydrogen) atoms. The molecule has 1 saturated heterocycles. The van der Waals surface area contributed by atoms with Gasteiger partial charge in [0.05, 0.1) is 4.90 Å². The van der Waals surface area contributed by atoms with E-state index in [1.165, 1.54) is 19.3 Å². The average Bonchev–Trinajstić information content (AvgIpc) is 2.56. The smallest absolute Gasteiger partial charge is 0.261 e. The van der Waals surface area contributed by atoms with Gasteiger partial charge in [0.1, 0.15) is 0 Å². The molecule has 1 aliphatic heterocycles. The Morgan fingerprint density at radius 2 is 1.71 bits per heavy atom. The maximum atomic E-state index is 12.5. The van der Waals surface area contributed by atoms with Gasteiger partial charge in [-0.3, -0.25) is 9.62 Å². The van der Waals surface area contributed by atoms with Crippen molar-refractivity contribution in [2.45, 2.75) is 37.6 Å². The first-order valence-corrected chi connectivity index (χ1v) is 9.92. The molecule has 2 aromatic carbocycles. The monoisotopic (exact) mass is 344 g/mol. The summed E-state index contributed by atoms with van der Waals surface area (Å²) in [6.45, 7) is 5.06. The van der Waals surface area contributed by atoms with Crippen molar-refractivity contribution < 1.29 is 8.42 Å².